The molecule has 4 nitrogen and oxygen atoms in total. The molecule has 5 heteroatoms. The van der Waals surface area contributed by atoms with Crippen molar-refractivity contribution in [2.24, 2.45) is 0 Å². The fourth-order valence-electron chi connectivity index (χ4n) is 0.823. The Labute approximate surface area is 81.2 Å². The highest BCUT2D eigenvalue weighted by Crippen LogP contribution is 2.12. The average Bonchev–Trinajstić information content (AvgIpc) is 2.63. The highest BCUT2D eigenvalue weighted by Gasteiger charge is 2.00. The van der Waals surface area contributed by atoms with Gasteiger partial charge in [0.15, 0.2) is 16.5 Å². The van der Waals surface area contributed by atoms with Gasteiger partial charge in [-0.25, -0.2) is 15.0 Å². The molecule has 0 radical (unpaired) electrons. The van der Waals surface area contributed by atoms with Gasteiger partial charge in [0.1, 0.15) is 0 Å². The van der Waals surface area contributed by atoms with Crippen molar-refractivity contribution in [2.45, 2.75) is 19.0 Å². The molecule has 13 heavy (non-hydrogen) atoms. The second kappa shape index (κ2) is 4.81. The standard InChI is InChI=1S/C6H6N4S.C2H6/c1-11-6-9-4-5(10-6)8-3-2-7-4;1-2/h2-3H,1H3,(H,7,8,9,10);1-2H3. The molecule has 0 spiro atoms. The zero-order valence-electron chi connectivity index (χ0n) is 7.90. The second-order valence-corrected chi connectivity index (χ2v) is 2.77. The first-order chi connectivity index (χ1) is 6.40. The van der Waals surface area contributed by atoms with Crippen LogP contribution in [0.1, 0.15) is 13.8 Å². The van der Waals surface area contributed by atoms with Gasteiger partial charge >= 0.3 is 0 Å². The van der Waals surface area contributed by atoms with Crippen molar-refractivity contribution in [3.05, 3.63) is 12.4 Å². The van der Waals surface area contributed by atoms with E-state index in [1.54, 1.807) is 24.2 Å². The Morgan fingerprint density at radius 3 is 2.54 bits per heavy atom. The summed E-state index contributed by atoms with van der Waals surface area (Å²) in [4.78, 5) is 15.3. The lowest BCUT2D eigenvalue weighted by molar-refractivity contribution is 1.07. The maximum atomic E-state index is 4.16. The molecule has 2 aromatic heterocycles. The molecule has 0 aliphatic heterocycles. The molecule has 0 aliphatic rings. The minimum absolute atomic E-state index is 0.678. The number of aromatic nitrogens is 4. The van der Waals surface area contributed by atoms with Crippen LogP contribution in [0.4, 0.5) is 0 Å². The van der Waals surface area contributed by atoms with Crippen LogP contribution in [0.15, 0.2) is 17.6 Å². The van der Waals surface area contributed by atoms with E-state index in [-0.39, 0.29) is 0 Å². The largest absolute Gasteiger partial charge is 0.316 e. The molecule has 0 aliphatic carbocycles. The van der Waals surface area contributed by atoms with Crippen LogP contribution in [0.3, 0.4) is 0 Å². The number of nitrogens with zero attached hydrogens (tertiary/aromatic N) is 3. The lowest BCUT2D eigenvalue weighted by atomic mass is 10.7. The van der Waals surface area contributed by atoms with E-state index < -0.39 is 0 Å². The second-order valence-electron chi connectivity index (χ2n) is 1.97. The number of imidazole rings is 1. The third-order valence-corrected chi connectivity index (χ3v) is 1.89. The molecule has 0 atom stereocenters. The van der Waals surface area contributed by atoms with Crippen LogP contribution in [-0.4, -0.2) is 26.2 Å². The minimum atomic E-state index is 0.678. The summed E-state index contributed by atoms with van der Waals surface area (Å²) in [6, 6.07) is 0. The van der Waals surface area contributed by atoms with E-state index >= 15 is 0 Å². The van der Waals surface area contributed by atoms with Crippen LogP contribution in [-0.2, 0) is 0 Å². The number of hydrogen-bond donors (Lipinski definition) is 1. The molecule has 2 heterocycles. The quantitative estimate of drug-likeness (QED) is 0.710. The highest BCUT2D eigenvalue weighted by molar-refractivity contribution is 7.98. The molecule has 0 unspecified atom stereocenters. The smallest absolute Gasteiger partial charge is 0.198 e. The van der Waals surface area contributed by atoms with Crippen LogP contribution in [0.5, 0.6) is 0 Å². The third kappa shape index (κ3) is 2.18. The van der Waals surface area contributed by atoms with Crippen molar-refractivity contribution in [1.82, 2.24) is 19.9 Å². The van der Waals surface area contributed by atoms with E-state index in [0.717, 1.165) is 10.8 Å². The molecule has 0 bridgehead atoms. The highest BCUT2D eigenvalue weighted by atomic mass is 32.2. The van der Waals surface area contributed by atoms with E-state index in [4.69, 9.17) is 0 Å². The van der Waals surface area contributed by atoms with Crippen LogP contribution >= 0.6 is 11.8 Å². The van der Waals surface area contributed by atoms with E-state index in [1.165, 1.54) is 0 Å². The Morgan fingerprint density at radius 1 is 1.23 bits per heavy atom. The topological polar surface area (TPSA) is 54.5 Å². The Hall–Kier alpha value is -1.10. The molecular weight excluding hydrogens is 184 g/mol. The third-order valence-electron chi connectivity index (χ3n) is 1.31. The summed E-state index contributed by atoms with van der Waals surface area (Å²) in [6.07, 6.45) is 5.23. The number of fused-ring (bicyclic) bond motifs is 1. The number of H-pyrrole nitrogens is 1. The predicted octanol–water partition coefficient (Wildman–Crippen LogP) is 2.10. The number of aromatic amines is 1. The Kier molecular flexibility index (Phi) is 3.70. The first-order valence-electron chi connectivity index (χ1n) is 4.11. The van der Waals surface area contributed by atoms with Gasteiger partial charge in [0.2, 0.25) is 0 Å². The Bertz CT molecular complexity index is 338. The van der Waals surface area contributed by atoms with Crippen molar-refractivity contribution in [1.29, 1.82) is 0 Å². The van der Waals surface area contributed by atoms with Gasteiger partial charge < -0.3 is 4.98 Å². The molecular formula is C8H12N4S. The number of nitrogens with one attached hydrogen (secondary N) is 1. The number of thioether (sulfide) groups is 1. The van der Waals surface area contributed by atoms with Gasteiger partial charge in [-0.2, -0.15) is 0 Å². The van der Waals surface area contributed by atoms with Gasteiger partial charge in [-0.15, -0.1) is 0 Å². The van der Waals surface area contributed by atoms with Gasteiger partial charge in [0.05, 0.1) is 0 Å². The number of hydrogen-bond acceptors (Lipinski definition) is 4. The summed E-state index contributed by atoms with van der Waals surface area (Å²) in [5, 5.41) is 0.853. The normalized spacial score (nSPS) is 9.46. The maximum Gasteiger partial charge on any atom is 0.198 e. The fourth-order valence-corrected chi connectivity index (χ4v) is 1.20. The first kappa shape index (κ1) is 9.98. The summed E-state index contributed by atoms with van der Waals surface area (Å²) in [5.74, 6) is 0. The van der Waals surface area contributed by atoms with Crippen molar-refractivity contribution in [3.63, 3.8) is 0 Å². The molecule has 70 valence electrons. The SMILES string of the molecule is CC.CSc1nc2nccnc2[nH]1. The van der Waals surface area contributed by atoms with Gasteiger partial charge in [-0.05, 0) is 6.26 Å². The van der Waals surface area contributed by atoms with Gasteiger partial charge in [-0.1, -0.05) is 25.6 Å². The number of rotatable bonds is 1. The van der Waals surface area contributed by atoms with E-state index in [2.05, 4.69) is 19.9 Å². The molecule has 0 saturated carbocycles. The van der Waals surface area contributed by atoms with E-state index in [9.17, 15) is 0 Å². The zero-order chi connectivity index (χ0) is 9.68. The molecule has 1 N–H and O–H groups in total. The van der Waals surface area contributed by atoms with Crippen LogP contribution in [0.25, 0.3) is 11.3 Å². The molecule has 2 aromatic rings. The van der Waals surface area contributed by atoms with E-state index in [1.807, 2.05) is 20.1 Å². The van der Waals surface area contributed by atoms with E-state index in [0.29, 0.717) is 5.65 Å². The van der Waals surface area contributed by atoms with Crippen molar-refractivity contribution < 1.29 is 0 Å². The van der Waals surface area contributed by atoms with Crippen molar-refractivity contribution in [2.75, 3.05) is 6.26 Å². The summed E-state index contributed by atoms with van der Waals surface area (Å²) in [7, 11) is 0. The molecule has 0 aromatic carbocycles. The fraction of sp³-hybridized carbons (Fsp3) is 0.375. The predicted molar refractivity (Wildman–Crippen MR) is 54.8 cm³/mol. The minimum Gasteiger partial charge on any atom is -0.316 e. The van der Waals surface area contributed by atoms with Gasteiger partial charge in [0, 0.05) is 12.4 Å². The van der Waals surface area contributed by atoms with Crippen molar-refractivity contribution in [3.8, 4) is 0 Å². The Balaban J connectivity index is 0.000000396. The summed E-state index contributed by atoms with van der Waals surface area (Å²) < 4.78 is 0. The van der Waals surface area contributed by atoms with Crippen molar-refractivity contribution >= 4 is 23.1 Å². The lowest BCUT2D eigenvalue weighted by Crippen LogP contribution is -1.77. The summed E-state index contributed by atoms with van der Waals surface area (Å²) in [5.41, 5.74) is 1.42. The average molecular weight is 196 g/mol. The summed E-state index contributed by atoms with van der Waals surface area (Å²) in [6.45, 7) is 4.00. The van der Waals surface area contributed by atoms with Crippen LogP contribution < -0.4 is 0 Å². The Morgan fingerprint density at radius 2 is 1.92 bits per heavy atom. The van der Waals surface area contributed by atoms with Gasteiger partial charge in [0.25, 0.3) is 0 Å². The first-order valence-corrected chi connectivity index (χ1v) is 5.33. The molecule has 0 saturated heterocycles. The molecule has 0 amide bonds. The lowest BCUT2D eigenvalue weighted by Gasteiger charge is -1.80. The monoisotopic (exact) mass is 196 g/mol. The summed E-state index contributed by atoms with van der Waals surface area (Å²) >= 11 is 1.55. The zero-order valence-corrected chi connectivity index (χ0v) is 8.72. The maximum absolute atomic E-state index is 4.16. The van der Waals surface area contributed by atoms with Crippen LogP contribution in [0.2, 0.25) is 0 Å². The molecule has 2 rings (SSSR count). The van der Waals surface area contributed by atoms with Crippen LogP contribution in [0, 0.1) is 0 Å². The van der Waals surface area contributed by atoms with Gasteiger partial charge in [-0.3, -0.25) is 0 Å². The molecule has 0 fully saturated rings.